The number of carbonyl (C=O) groups is 2. The molecular weight excluding hydrogens is 359 g/mol. The molecule has 0 fully saturated rings. The molecule has 0 bridgehead atoms. The minimum absolute atomic E-state index is 0.0200. The van der Waals surface area contributed by atoms with Gasteiger partial charge < -0.3 is 0 Å². The normalized spacial score (nSPS) is 12.1. The summed E-state index contributed by atoms with van der Waals surface area (Å²) in [6.07, 6.45) is 0. The van der Waals surface area contributed by atoms with Crippen molar-refractivity contribution in [2.75, 3.05) is 10.2 Å². The van der Waals surface area contributed by atoms with E-state index >= 15 is 0 Å². The number of rotatable bonds is 5. The van der Waals surface area contributed by atoms with E-state index < -0.39 is 0 Å². The van der Waals surface area contributed by atoms with E-state index in [-0.39, 0.29) is 16.3 Å². The van der Waals surface area contributed by atoms with E-state index in [2.05, 4.69) is 22.6 Å². The van der Waals surface area contributed by atoms with Crippen LogP contribution in [0.2, 0.25) is 0 Å². The molecule has 0 heterocycles. The smallest absolute Gasteiger partial charge is 0.226 e. The van der Waals surface area contributed by atoms with E-state index in [4.69, 9.17) is 11.6 Å². The average molecular weight is 369 g/mol. The molecule has 1 aromatic carbocycles. The maximum absolute atomic E-state index is 11.7. The quantitative estimate of drug-likeness (QED) is 0.454. The summed E-state index contributed by atoms with van der Waals surface area (Å²) in [5.41, 5.74) is 0.654. The number of halogens is 2. The summed E-state index contributed by atoms with van der Waals surface area (Å²) in [5.74, 6) is 0.193. The number of alkyl halides is 1. The van der Waals surface area contributed by atoms with E-state index in [9.17, 15) is 9.59 Å². The molecule has 86 valence electrons. The second-order valence-electron chi connectivity index (χ2n) is 3.12. The van der Waals surface area contributed by atoms with Crippen LogP contribution in [0.1, 0.15) is 10.4 Å². The van der Waals surface area contributed by atoms with Crippen LogP contribution in [-0.4, -0.2) is 20.5 Å². The molecule has 16 heavy (non-hydrogen) atoms. The average Bonchev–Trinajstić information content (AvgIpc) is 2.30. The second-order valence-corrected chi connectivity index (χ2v) is 5.37. The van der Waals surface area contributed by atoms with Gasteiger partial charge in [-0.1, -0.05) is 64.7 Å². The van der Waals surface area contributed by atoms with Gasteiger partial charge in [-0.15, -0.1) is 0 Å². The molecule has 1 rings (SSSR count). The van der Waals surface area contributed by atoms with Gasteiger partial charge in [-0.25, -0.2) is 0 Å². The summed E-state index contributed by atoms with van der Waals surface area (Å²) in [7, 11) is 0. The molecule has 0 N–H and O–H groups in total. The molecule has 1 aromatic rings. The maximum atomic E-state index is 11.7. The van der Waals surface area contributed by atoms with Gasteiger partial charge in [-0.3, -0.25) is 9.59 Å². The first kappa shape index (κ1) is 14.0. The molecule has 5 heteroatoms. The van der Waals surface area contributed by atoms with Crippen molar-refractivity contribution in [1.29, 1.82) is 0 Å². The van der Waals surface area contributed by atoms with Gasteiger partial charge in [0.2, 0.25) is 10.4 Å². The summed E-state index contributed by atoms with van der Waals surface area (Å²) in [4.78, 5) is 22.7. The summed E-state index contributed by atoms with van der Waals surface area (Å²) < 4.78 is 0.634. The SMILES string of the molecule is O=C(SC[C@@H](CI)C(=O)Cl)c1ccccc1. The maximum Gasteiger partial charge on any atom is 0.226 e. The molecule has 0 saturated carbocycles. The van der Waals surface area contributed by atoms with E-state index in [1.165, 1.54) is 0 Å². The minimum Gasteiger partial charge on any atom is -0.282 e. The van der Waals surface area contributed by atoms with E-state index in [0.29, 0.717) is 15.7 Å². The lowest BCUT2D eigenvalue weighted by atomic mass is 10.2. The second kappa shape index (κ2) is 7.29. The van der Waals surface area contributed by atoms with Crippen LogP contribution < -0.4 is 0 Å². The van der Waals surface area contributed by atoms with Gasteiger partial charge >= 0.3 is 0 Å². The third kappa shape index (κ3) is 4.43. The molecular formula is C11H10ClIO2S. The van der Waals surface area contributed by atoms with E-state index in [1.807, 2.05) is 18.2 Å². The van der Waals surface area contributed by atoms with Crippen molar-refractivity contribution in [2.24, 2.45) is 5.92 Å². The summed E-state index contributed by atoms with van der Waals surface area (Å²) in [5, 5.41) is -0.392. The highest BCUT2D eigenvalue weighted by molar-refractivity contribution is 14.1. The third-order valence-corrected chi connectivity index (χ3v) is 4.37. The van der Waals surface area contributed by atoms with Gasteiger partial charge in [0.1, 0.15) is 0 Å². The van der Waals surface area contributed by atoms with Crippen LogP contribution in [-0.2, 0) is 4.79 Å². The van der Waals surface area contributed by atoms with Gasteiger partial charge in [-0.2, -0.15) is 0 Å². The molecule has 0 spiro atoms. The van der Waals surface area contributed by atoms with Crippen molar-refractivity contribution in [3.63, 3.8) is 0 Å². The molecule has 0 aliphatic carbocycles. The molecule has 0 unspecified atom stereocenters. The van der Waals surface area contributed by atoms with Crippen LogP contribution in [0.3, 0.4) is 0 Å². The number of carbonyl (C=O) groups excluding carboxylic acids is 2. The lowest BCUT2D eigenvalue weighted by molar-refractivity contribution is -0.113. The van der Waals surface area contributed by atoms with Gasteiger partial charge in [0.15, 0.2) is 0 Å². The molecule has 0 amide bonds. The van der Waals surface area contributed by atoms with Gasteiger partial charge in [-0.05, 0) is 11.6 Å². The predicted molar refractivity (Wildman–Crippen MR) is 76.5 cm³/mol. The Hall–Kier alpha value is -0.0700. The van der Waals surface area contributed by atoms with Crippen molar-refractivity contribution < 1.29 is 9.59 Å². The van der Waals surface area contributed by atoms with Crippen LogP contribution >= 0.6 is 46.0 Å². The Balaban J connectivity index is 2.50. The highest BCUT2D eigenvalue weighted by Gasteiger charge is 2.17. The first-order valence-electron chi connectivity index (χ1n) is 4.62. The lowest BCUT2D eigenvalue weighted by Crippen LogP contribution is -2.14. The van der Waals surface area contributed by atoms with Crippen LogP contribution in [0.4, 0.5) is 0 Å². The first-order valence-corrected chi connectivity index (χ1v) is 7.51. The number of thioether (sulfide) groups is 1. The van der Waals surface area contributed by atoms with Crippen molar-refractivity contribution in [1.82, 2.24) is 0 Å². The van der Waals surface area contributed by atoms with Gasteiger partial charge in [0.05, 0.1) is 5.92 Å². The lowest BCUT2D eigenvalue weighted by Gasteiger charge is -2.07. The Kier molecular flexibility index (Phi) is 6.38. The Morgan fingerprint density at radius 1 is 1.31 bits per heavy atom. The Bertz CT molecular complexity index is 370. The highest BCUT2D eigenvalue weighted by atomic mass is 127. The molecule has 0 aliphatic rings. The number of hydrogen-bond donors (Lipinski definition) is 0. The van der Waals surface area contributed by atoms with Crippen molar-refractivity contribution in [3.8, 4) is 0 Å². The molecule has 1 atom stereocenters. The molecule has 0 saturated heterocycles. The number of hydrogen-bond acceptors (Lipinski definition) is 3. The summed E-state index contributed by atoms with van der Waals surface area (Å²) in [6, 6.07) is 9.01. The molecule has 2 nitrogen and oxygen atoms in total. The van der Waals surface area contributed by atoms with E-state index in [1.54, 1.807) is 12.1 Å². The zero-order valence-corrected chi connectivity index (χ0v) is 12.1. The van der Waals surface area contributed by atoms with Crippen LogP contribution in [0.5, 0.6) is 0 Å². The topological polar surface area (TPSA) is 34.1 Å². The Labute approximate surface area is 117 Å². The van der Waals surface area contributed by atoms with Crippen molar-refractivity contribution in [2.45, 2.75) is 0 Å². The largest absolute Gasteiger partial charge is 0.282 e. The first-order chi connectivity index (χ1) is 7.65. The number of benzene rings is 1. The zero-order chi connectivity index (χ0) is 12.0. The zero-order valence-electron chi connectivity index (χ0n) is 8.36. The fourth-order valence-corrected chi connectivity index (χ4v) is 3.57. The Morgan fingerprint density at radius 2 is 1.94 bits per heavy atom. The summed E-state index contributed by atoms with van der Waals surface area (Å²) in [6.45, 7) is 0. The van der Waals surface area contributed by atoms with E-state index in [0.717, 1.165) is 11.8 Å². The monoisotopic (exact) mass is 368 g/mol. The van der Waals surface area contributed by atoms with Gasteiger partial charge in [0.25, 0.3) is 0 Å². The fraction of sp³-hybridized carbons (Fsp3) is 0.273. The Morgan fingerprint density at radius 3 is 2.44 bits per heavy atom. The predicted octanol–water partition coefficient (Wildman–Crippen LogP) is 3.38. The van der Waals surface area contributed by atoms with Crippen LogP contribution in [0, 0.1) is 5.92 Å². The summed E-state index contributed by atoms with van der Waals surface area (Å²) >= 11 is 8.64. The molecule has 0 aliphatic heterocycles. The standard InChI is InChI=1S/C11H10ClIO2S/c12-10(14)9(6-13)7-16-11(15)8-4-2-1-3-5-8/h1-5,9H,6-7H2/t9-/m1/s1. The van der Waals surface area contributed by atoms with Crippen LogP contribution in [0.25, 0.3) is 0 Å². The molecule has 0 aromatic heterocycles. The van der Waals surface area contributed by atoms with Crippen LogP contribution in [0.15, 0.2) is 30.3 Å². The third-order valence-electron chi connectivity index (χ3n) is 1.93. The molecule has 0 radical (unpaired) electrons. The van der Waals surface area contributed by atoms with Gasteiger partial charge in [0, 0.05) is 15.7 Å². The minimum atomic E-state index is -0.372. The fourth-order valence-electron chi connectivity index (χ4n) is 1.00. The van der Waals surface area contributed by atoms with Crippen molar-refractivity contribution >= 4 is 56.3 Å². The van der Waals surface area contributed by atoms with Crippen molar-refractivity contribution in [3.05, 3.63) is 35.9 Å². The highest BCUT2D eigenvalue weighted by Crippen LogP contribution is 2.18.